The highest BCUT2D eigenvalue weighted by Crippen LogP contribution is 2.19. The highest BCUT2D eigenvalue weighted by atomic mass is 19.1. The maximum atomic E-state index is 13.4. The minimum atomic E-state index is -0.268. The molecule has 0 radical (unpaired) electrons. The smallest absolute Gasteiger partial charge is 0.167 e. The second-order valence-electron chi connectivity index (χ2n) is 3.39. The number of hydrogen-bond donors (Lipinski definition) is 1. The average Bonchev–Trinajstić information content (AvgIpc) is 2.20. The molecule has 1 aromatic carbocycles. The molecule has 0 saturated heterocycles. The van der Waals surface area contributed by atoms with Crippen LogP contribution in [0.15, 0.2) is 18.2 Å². The van der Waals surface area contributed by atoms with Gasteiger partial charge in [-0.15, -0.1) is 0 Å². The van der Waals surface area contributed by atoms with Crippen LogP contribution in [0.25, 0.3) is 0 Å². The van der Waals surface area contributed by atoms with Crippen molar-refractivity contribution in [2.45, 2.75) is 19.9 Å². The summed E-state index contributed by atoms with van der Waals surface area (Å²) in [6.07, 6.45) is 0. The Hall–Kier alpha value is -1.09. The molecule has 0 aromatic heterocycles. The van der Waals surface area contributed by atoms with E-state index in [1.807, 2.05) is 14.0 Å². The average molecular weight is 197 g/mol. The van der Waals surface area contributed by atoms with Crippen LogP contribution in [0, 0.1) is 12.7 Å². The van der Waals surface area contributed by atoms with Crippen molar-refractivity contribution in [1.29, 1.82) is 0 Å². The largest absolute Gasteiger partial charge is 0.489 e. The number of ether oxygens (including phenoxy) is 1. The van der Waals surface area contributed by atoms with E-state index < -0.39 is 0 Å². The quantitative estimate of drug-likeness (QED) is 0.798. The Kier molecular flexibility index (Phi) is 3.89. The van der Waals surface area contributed by atoms with Gasteiger partial charge in [0.2, 0.25) is 0 Å². The van der Waals surface area contributed by atoms with Gasteiger partial charge in [-0.25, -0.2) is 4.39 Å². The first kappa shape index (κ1) is 11.0. The number of likely N-dealkylation sites (N-methyl/N-ethyl adjacent to an activating group) is 1. The summed E-state index contributed by atoms with van der Waals surface area (Å²) in [5.41, 5.74) is 0.611. The fraction of sp³-hybridized carbons (Fsp3) is 0.455. The molecule has 2 nitrogen and oxygen atoms in total. The van der Waals surface area contributed by atoms with Crippen molar-refractivity contribution in [3.05, 3.63) is 29.6 Å². The van der Waals surface area contributed by atoms with Crippen molar-refractivity contribution in [3.8, 4) is 5.75 Å². The van der Waals surface area contributed by atoms with E-state index in [-0.39, 0.29) is 11.9 Å². The molecule has 14 heavy (non-hydrogen) atoms. The van der Waals surface area contributed by atoms with Crippen LogP contribution in [0.3, 0.4) is 0 Å². The third-order valence-corrected chi connectivity index (χ3v) is 2.14. The number of halogens is 1. The van der Waals surface area contributed by atoms with Crippen molar-refractivity contribution >= 4 is 0 Å². The molecule has 0 heterocycles. The first-order valence-electron chi connectivity index (χ1n) is 4.70. The van der Waals surface area contributed by atoms with Crippen LogP contribution in [0.2, 0.25) is 0 Å². The number of nitrogens with one attached hydrogen (secondary N) is 1. The van der Waals surface area contributed by atoms with Crippen LogP contribution in [0.1, 0.15) is 12.5 Å². The molecular weight excluding hydrogens is 181 g/mol. The van der Waals surface area contributed by atoms with E-state index in [4.69, 9.17) is 4.74 Å². The van der Waals surface area contributed by atoms with Gasteiger partial charge in [0, 0.05) is 6.04 Å². The lowest BCUT2D eigenvalue weighted by molar-refractivity contribution is 0.267. The first-order chi connectivity index (χ1) is 6.65. The topological polar surface area (TPSA) is 21.3 Å². The van der Waals surface area contributed by atoms with Gasteiger partial charge < -0.3 is 10.1 Å². The van der Waals surface area contributed by atoms with Crippen LogP contribution in [0.4, 0.5) is 4.39 Å². The van der Waals surface area contributed by atoms with Crippen molar-refractivity contribution in [3.63, 3.8) is 0 Å². The lowest BCUT2D eigenvalue weighted by atomic mass is 10.2. The minimum Gasteiger partial charge on any atom is -0.489 e. The van der Waals surface area contributed by atoms with E-state index in [9.17, 15) is 4.39 Å². The Morgan fingerprint density at radius 2 is 2.21 bits per heavy atom. The van der Waals surface area contributed by atoms with E-state index in [0.29, 0.717) is 17.9 Å². The molecule has 0 aliphatic rings. The molecule has 1 rings (SSSR count). The molecule has 0 fully saturated rings. The van der Waals surface area contributed by atoms with Crippen molar-refractivity contribution in [1.82, 2.24) is 5.32 Å². The lowest BCUT2D eigenvalue weighted by Gasteiger charge is -2.13. The SMILES string of the molecule is CNC(C)COc1cccc(C)c1F. The first-order valence-corrected chi connectivity index (χ1v) is 4.70. The molecule has 0 spiro atoms. The van der Waals surface area contributed by atoms with Gasteiger partial charge in [0.1, 0.15) is 6.61 Å². The van der Waals surface area contributed by atoms with Gasteiger partial charge in [-0.2, -0.15) is 0 Å². The summed E-state index contributed by atoms with van der Waals surface area (Å²) in [5.74, 6) is 0.0582. The van der Waals surface area contributed by atoms with Crippen LogP contribution in [-0.4, -0.2) is 19.7 Å². The summed E-state index contributed by atoms with van der Waals surface area (Å²) in [4.78, 5) is 0. The van der Waals surface area contributed by atoms with E-state index in [0.717, 1.165) is 0 Å². The third kappa shape index (κ3) is 2.70. The number of rotatable bonds is 4. The van der Waals surface area contributed by atoms with E-state index >= 15 is 0 Å². The zero-order valence-corrected chi connectivity index (χ0v) is 8.80. The van der Waals surface area contributed by atoms with Crippen molar-refractivity contribution < 1.29 is 9.13 Å². The molecular formula is C11H16FNO. The predicted molar refractivity (Wildman–Crippen MR) is 55.2 cm³/mol. The normalized spacial score (nSPS) is 12.6. The van der Waals surface area contributed by atoms with Crippen LogP contribution >= 0.6 is 0 Å². The van der Waals surface area contributed by atoms with Gasteiger partial charge in [0.15, 0.2) is 11.6 Å². The Labute approximate surface area is 84.1 Å². The molecule has 0 bridgehead atoms. The Bertz CT molecular complexity index is 301. The monoisotopic (exact) mass is 197 g/mol. The molecule has 78 valence electrons. The second-order valence-corrected chi connectivity index (χ2v) is 3.39. The zero-order valence-electron chi connectivity index (χ0n) is 8.80. The van der Waals surface area contributed by atoms with E-state index in [2.05, 4.69) is 5.32 Å². The van der Waals surface area contributed by atoms with Gasteiger partial charge in [0.25, 0.3) is 0 Å². The summed E-state index contributed by atoms with van der Waals surface area (Å²) >= 11 is 0. The van der Waals surface area contributed by atoms with Gasteiger partial charge in [-0.05, 0) is 32.5 Å². The summed E-state index contributed by atoms with van der Waals surface area (Å²) in [7, 11) is 1.85. The number of hydrogen-bond acceptors (Lipinski definition) is 2. The van der Waals surface area contributed by atoms with Gasteiger partial charge in [-0.1, -0.05) is 12.1 Å². The van der Waals surface area contributed by atoms with Crippen LogP contribution in [-0.2, 0) is 0 Å². The molecule has 0 amide bonds. The van der Waals surface area contributed by atoms with Crippen LogP contribution < -0.4 is 10.1 Å². The van der Waals surface area contributed by atoms with Gasteiger partial charge in [-0.3, -0.25) is 0 Å². The van der Waals surface area contributed by atoms with E-state index in [1.165, 1.54) is 0 Å². The number of benzene rings is 1. The fourth-order valence-corrected chi connectivity index (χ4v) is 1.03. The molecule has 3 heteroatoms. The van der Waals surface area contributed by atoms with Crippen molar-refractivity contribution in [2.24, 2.45) is 0 Å². The maximum Gasteiger partial charge on any atom is 0.167 e. The zero-order chi connectivity index (χ0) is 10.6. The summed E-state index contributed by atoms with van der Waals surface area (Å²) in [5, 5.41) is 3.02. The molecule has 0 aliphatic carbocycles. The fourth-order valence-electron chi connectivity index (χ4n) is 1.03. The highest BCUT2D eigenvalue weighted by Gasteiger charge is 2.06. The minimum absolute atomic E-state index is 0.218. The van der Waals surface area contributed by atoms with Gasteiger partial charge in [0.05, 0.1) is 0 Å². The third-order valence-electron chi connectivity index (χ3n) is 2.14. The van der Waals surface area contributed by atoms with Crippen molar-refractivity contribution in [2.75, 3.05) is 13.7 Å². The van der Waals surface area contributed by atoms with E-state index in [1.54, 1.807) is 25.1 Å². The Morgan fingerprint density at radius 1 is 1.50 bits per heavy atom. The Morgan fingerprint density at radius 3 is 2.86 bits per heavy atom. The second kappa shape index (κ2) is 4.96. The predicted octanol–water partition coefficient (Wildman–Crippen LogP) is 2.12. The summed E-state index contributed by atoms with van der Waals surface area (Å²) in [6, 6.07) is 5.38. The molecule has 0 saturated carbocycles. The summed E-state index contributed by atoms with van der Waals surface area (Å²) in [6.45, 7) is 4.17. The number of aryl methyl sites for hydroxylation is 1. The molecule has 1 unspecified atom stereocenters. The lowest BCUT2D eigenvalue weighted by Crippen LogP contribution is -2.28. The van der Waals surface area contributed by atoms with Crippen LogP contribution in [0.5, 0.6) is 5.75 Å². The molecule has 1 aromatic rings. The summed E-state index contributed by atoms with van der Waals surface area (Å²) < 4.78 is 18.7. The standard InChI is InChI=1S/C11H16FNO/c1-8-5-4-6-10(11(8)12)14-7-9(2)13-3/h4-6,9,13H,7H2,1-3H3. The molecule has 1 atom stereocenters. The highest BCUT2D eigenvalue weighted by molar-refractivity contribution is 5.30. The molecule has 1 N–H and O–H groups in total. The molecule has 0 aliphatic heterocycles. The maximum absolute atomic E-state index is 13.4. The van der Waals surface area contributed by atoms with Gasteiger partial charge >= 0.3 is 0 Å². The Balaban J connectivity index is 2.63.